The van der Waals surface area contributed by atoms with Crippen LogP contribution in [0.25, 0.3) is 0 Å². The van der Waals surface area contributed by atoms with Crippen LogP contribution < -0.4 is 27.0 Å². The Hall–Kier alpha value is -1.81. The molecule has 0 aliphatic rings. The molecule has 0 fully saturated rings. The zero-order valence-electron chi connectivity index (χ0n) is 13.3. The number of nitrogens with two attached hydrogens (primary N) is 1. The molecule has 139 valence electrons. The molecule has 0 saturated heterocycles. The van der Waals surface area contributed by atoms with Gasteiger partial charge in [0.2, 0.25) is 0 Å². The van der Waals surface area contributed by atoms with Crippen LogP contribution in [0.1, 0.15) is 0 Å². The molecule has 0 aliphatic heterocycles. The van der Waals surface area contributed by atoms with Gasteiger partial charge in [-0.3, -0.25) is 0 Å². The molecule has 0 saturated carbocycles. The van der Waals surface area contributed by atoms with Gasteiger partial charge < -0.3 is 0 Å². The van der Waals surface area contributed by atoms with Crippen molar-refractivity contribution in [3.8, 4) is 0 Å². The van der Waals surface area contributed by atoms with Gasteiger partial charge in [-0.2, -0.15) is 0 Å². The third-order valence-corrected chi connectivity index (χ3v) is 4.09. The molecule has 0 aromatic rings. The third-order valence-electron chi connectivity index (χ3n) is 2.51. The number of carboxylic acids is 1. The summed E-state index contributed by atoms with van der Waals surface area (Å²) in [6, 6.07) is -0.815. The fourth-order valence-electron chi connectivity index (χ4n) is 1.33. The number of hydrogen-bond donors (Lipinski definition) is 6. The summed E-state index contributed by atoms with van der Waals surface area (Å²) in [6.45, 7) is -1.76. The Kier molecular flexibility index (Phi) is 12.5. The fourth-order valence-corrected chi connectivity index (χ4v) is 2.45. The van der Waals surface area contributed by atoms with E-state index in [0.29, 0.717) is 29.7 Å². The molecule has 0 aromatic carbocycles. The number of carbonyl (C=O) groups is 5. The summed E-state index contributed by atoms with van der Waals surface area (Å²) in [4.78, 5) is 56.2. The zero-order chi connectivity index (χ0) is 19.2. The van der Waals surface area contributed by atoms with Crippen LogP contribution in [0.5, 0.6) is 0 Å². The Balaban J connectivity index is 4.10. The molecule has 1 unspecified atom stereocenters. The maximum atomic E-state index is 11.9. The molecule has 13 heteroatoms. The van der Waals surface area contributed by atoms with Crippen LogP contribution >= 0.6 is 0 Å². The first-order valence-electron chi connectivity index (χ1n) is 7.04. The molecule has 0 aromatic heterocycles. The van der Waals surface area contributed by atoms with Crippen molar-refractivity contribution in [3.63, 3.8) is 0 Å². The van der Waals surface area contributed by atoms with Crippen LogP contribution in [0.3, 0.4) is 0 Å². The Morgan fingerprint density at radius 3 is 2.20 bits per heavy atom. The summed E-state index contributed by atoms with van der Waals surface area (Å²) in [7, 11) is 0. The second kappa shape index (κ2) is 13.5. The third kappa shape index (κ3) is 12.2. The van der Waals surface area contributed by atoms with Crippen LogP contribution in [0, 0.1) is 0 Å². The van der Waals surface area contributed by atoms with Crippen LogP contribution in [0.2, 0.25) is 3.98 Å². The zero-order valence-corrected chi connectivity index (χ0v) is 17.2. The van der Waals surface area contributed by atoms with E-state index in [2.05, 4.69) is 26.0 Å². The van der Waals surface area contributed by atoms with E-state index in [9.17, 15) is 24.0 Å². The van der Waals surface area contributed by atoms with E-state index in [1.165, 1.54) is 0 Å². The standard InChI is InChI=1S/C12H20N5O7.Pb/c1-7(17-10(20)4-14-8(18)2-13)12(23)15-3-9(19)16-6-24-5-11(21)22;/h7H,1-6,13H2,(H,14,18)(H,15,23)(H,16,19)(H,17,20)(H,21,22);. The monoisotopic (exact) mass is 554 g/mol. The molecule has 0 aliphatic carbocycles. The van der Waals surface area contributed by atoms with Crippen molar-refractivity contribution in [2.45, 2.75) is 10.0 Å². The number of carboxylic acid groups (broad SMARTS) is 1. The van der Waals surface area contributed by atoms with E-state index >= 15 is 0 Å². The van der Waals surface area contributed by atoms with Gasteiger partial charge in [-0.25, -0.2) is 0 Å². The molecular formula is C12H20N5O7Pb. The minimum absolute atomic E-state index is 0.247. The van der Waals surface area contributed by atoms with Gasteiger partial charge in [0.1, 0.15) is 0 Å². The number of carbonyl (C=O) groups excluding carboxylic acids is 4. The van der Waals surface area contributed by atoms with E-state index in [-0.39, 0.29) is 26.4 Å². The quantitative estimate of drug-likeness (QED) is 0.0791. The normalized spacial score (nSPS) is 11.1. The molecule has 12 nitrogen and oxygen atoms in total. The number of rotatable bonds is 12. The van der Waals surface area contributed by atoms with Gasteiger partial charge >= 0.3 is 159 Å². The van der Waals surface area contributed by atoms with Gasteiger partial charge in [0.15, 0.2) is 0 Å². The van der Waals surface area contributed by atoms with Crippen molar-refractivity contribution in [3.05, 3.63) is 0 Å². The Bertz CT molecular complexity index is 502. The number of hydrogen-bond acceptors (Lipinski definition) is 7. The van der Waals surface area contributed by atoms with Gasteiger partial charge in [0, 0.05) is 0 Å². The molecule has 1 atom stereocenters. The van der Waals surface area contributed by atoms with Gasteiger partial charge in [-0.15, -0.1) is 0 Å². The first-order valence-corrected chi connectivity index (χ1v) is 9.79. The van der Waals surface area contributed by atoms with E-state index in [1.807, 2.05) is 0 Å². The Morgan fingerprint density at radius 1 is 1.00 bits per heavy atom. The summed E-state index contributed by atoms with van der Waals surface area (Å²) in [5.74, 6) is -3.34. The molecule has 0 bridgehead atoms. The number of aliphatic carboxylic acids is 1. The van der Waals surface area contributed by atoms with Gasteiger partial charge in [-0.1, -0.05) is 0 Å². The van der Waals surface area contributed by atoms with Gasteiger partial charge in [0.25, 0.3) is 0 Å². The molecule has 4 amide bonds. The summed E-state index contributed by atoms with van der Waals surface area (Å²) < 4.78 is 5.02. The number of nitrogens with one attached hydrogen (secondary N) is 4. The van der Waals surface area contributed by atoms with E-state index in [0.717, 1.165) is 0 Å². The molecule has 7 N–H and O–H groups in total. The average molecular weight is 554 g/mol. The van der Waals surface area contributed by atoms with Crippen molar-refractivity contribution in [1.82, 2.24) is 21.3 Å². The summed E-state index contributed by atoms with van der Waals surface area (Å²) >= 11 is 0.622. The summed E-state index contributed by atoms with van der Waals surface area (Å²) in [5.41, 5.74) is 5.08. The molecular weight excluding hydrogens is 533 g/mol. The van der Waals surface area contributed by atoms with Crippen molar-refractivity contribution in [2.75, 3.05) is 33.0 Å². The van der Waals surface area contributed by atoms with Crippen LogP contribution in [-0.4, -0.2) is 99.5 Å². The van der Waals surface area contributed by atoms with Gasteiger partial charge in [-0.05, 0) is 0 Å². The Morgan fingerprint density at radius 2 is 1.64 bits per heavy atom. The summed E-state index contributed by atoms with van der Waals surface area (Å²) in [5, 5.41) is 17.6. The van der Waals surface area contributed by atoms with E-state index in [1.54, 1.807) is 0 Å². The van der Waals surface area contributed by atoms with E-state index in [4.69, 9.17) is 10.8 Å². The second-order valence-corrected chi connectivity index (χ2v) is 6.10. The Labute approximate surface area is 159 Å². The van der Waals surface area contributed by atoms with Gasteiger partial charge in [0.05, 0.1) is 0 Å². The summed E-state index contributed by atoms with van der Waals surface area (Å²) in [6.07, 6.45) is 0. The predicted molar refractivity (Wildman–Crippen MR) is 84.2 cm³/mol. The van der Waals surface area contributed by atoms with Crippen LogP contribution in [0.4, 0.5) is 0 Å². The SMILES string of the molecule is NCC(=O)NCC(=O)NC([CH2][Pb])C(=O)NCC(=O)NCOCC(=O)O. The molecule has 25 heavy (non-hydrogen) atoms. The van der Waals surface area contributed by atoms with Crippen molar-refractivity contribution < 1.29 is 33.8 Å². The average Bonchev–Trinajstić information content (AvgIpc) is 2.58. The van der Waals surface area contributed by atoms with E-state index < -0.39 is 42.2 Å². The number of ether oxygens (including phenoxy) is 1. The molecule has 0 rings (SSSR count). The molecule has 0 spiro atoms. The van der Waals surface area contributed by atoms with Crippen LogP contribution in [-0.2, 0) is 28.7 Å². The maximum absolute atomic E-state index is 11.9. The fraction of sp³-hybridized carbons (Fsp3) is 0.583. The first-order chi connectivity index (χ1) is 11.8. The topological polar surface area (TPSA) is 189 Å². The minimum atomic E-state index is -1.17. The first kappa shape index (κ1) is 23.2. The second-order valence-electron chi connectivity index (χ2n) is 4.51. The number of amides is 4. The van der Waals surface area contributed by atoms with Crippen molar-refractivity contribution in [2.24, 2.45) is 5.73 Å². The predicted octanol–water partition coefficient (Wildman–Crippen LogP) is -4.58. The molecule has 3 radical (unpaired) electrons. The van der Waals surface area contributed by atoms with Crippen LogP contribution in [0.15, 0.2) is 0 Å². The molecule has 0 heterocycles. The van der Waals surface area contributed by atoms with Crippen molar-refractivity contribution >= 4 is 55.4 Å². The van der Waals surface area contributed by atoms with Crippen molar-refractivity contribution in [1.29, 1.82) is 0 Å².